The van der Waals surface area contributed by atoms with Crippen LogP contribution in [0, 0.1) is 6.92 Å². The first-order valence-electron chi connectivity index (χ1n) is 5.49. The van der Waals surface area contributed by atoms with E-state index in [9.17, 15) is 0 Å². The SMILES string of the molecule is COCc1c(CN)oc2c(OC)cc(C)cc12. The van der Waals surface area contributed by atoms with Crippen molar-refractivity contribution in [2.75, 3.05) is 14.2 Å². The van der Waals surface area contributed by atoms with E-state index in [1.54, 1.807) is 14.2 Å². The number of ether oxygens (including phenoxy) is 2. The molecule has 0 unspecified atom stereocenters. The summed E-state index contributed by atoms with van der Waals surface area (Å²) in [5, 5.41) is 1.02. The molecule has 1 heterocycles. The van der Waals surface area contributed by atoms with Crippen molar-refractivity contribution in [2.45, 2.75) is 20.1 Å². The van der Waals surface area contributed by atoms with E-state index in [4.69, 9.17) is 19.6 Å². The van der Waals surface area contributed by atoms with Gasteiger partial charge in [0, 0.05) is 18.1 Å². The third-order valence-corrected chi connectivity index (χ3v) is 2.78. The molecule has 17 heavy (non-hydrogen) atoms. The predicted molar refractivity (Wildman–Crippen MR) is 66.1 cm³/mol. The maximum Gasteiger partial charge on any atom is 0.176 e. The van der Waals surface area contributed by atoms with Crippen molar-refractivity contribution in [2.24, 2.45) is 5.73 Å². The number of furan rings is 1. The van der Waals surface area contributed by atoms with Crippen LogP contribution >= 0.6 is 0 Å². The first-order chi connectivity index (χ1) is 8.21. The average Bonchev–Trinajstić information content (AvgIpc) is 2.67. The smallest absolute Gasteiger partial charge is 0.176 e. The lowest BCUT2D eigenvalue weighted by molar-refractivity contribution is 0.184. The number of nitrogens with two attached hydrogens (primary N) is 1. The summed E-state index contributed by atoms with van der Waals surface area (Å²) in [6.07, 6.45) is 0. The quantitative estimate of drug-likeness (QED) is 0.883. The van der Waals surface area contributed by atoms with Crippen LogP contribution in [0.2, 0.25) is 0 Å². The standard InChI is InChI=1S/C13H17NO3/c1-8-4-9-10(7-15-2)12(6-14)17-13(9)11(5-8)16-3/h4-5H,6-7,14H2,1-3H3. The van der Waals surface area contributed by atoms with Crippen molar-refractivity contribution in [1.29, 1.82) is 0 Å². The zero-order chi connectivity index (χ0) is 12.4. The van der Waals surface area contributed by atoms with E-state index in [-0.39, 0.29) is 0 Å². The van der Waals surface area contributed by atoms with Gasteiger partial charge in [-0.2, -0.15) is 0 Å². The third-order valence-electron chi connectivity index (χ3n) is 2.78. The monoisotopic (exact) mass is 235 g/mol. The molecule has 0 aliphatic heterocycles. The Hall–Kier alpha value is -1.52. The van der Waals surface area contributed by atoms with Crippen molar-refractivity contribution in [3.05, 3.63) is 29.0 Å². The lowest BCUT2D eigenvalue weighted by Crippen LogP contribution is -1.99. The van der Waals surface area contributed by atoms with Gasteiger partial charge in [-0.25, -0.2) is 0 Å². The van der Waals surface area contributed by atoms with Crippen LogP contribution in [0.25, 0.3) is 11.0 Å². The average molecular weight is 235 g/mol. The Morgan fingerprint density at radius 2 is 2.06 bits per heavy atom. The highest BCUT2D eigenvalue weighted by Crippen LogP contribution is 2.34. The Labute approximate surface area is 100 Å². The molecule has 1 aromatic heterocycles. The fraction of sp³-hybridized carbons (Fsp3) is 0.385. The highest BCUT2D eigenvalue weighted by Gasteiger charge is 2.16. The van der Waals surface area contributed by atoms with Gasteiger partial charge in [0.25, 0.3) is 0 Å². The van der Waals surface area contributed by atoms with Gasteiger partial charge in [0.1, 0.15) is 5.76 Å². The van der Waals surface area contributed by atoms with Crippen LogP contribution in [-0.4, -0.2) is 14.2 Å². The minimum atomic E-state index is 0.357. The van der Waals surface area contributed by atoms with Crippen LogP contribution in [0.4, 0.5) is 0 Å². The molecule has 92 valence electrons. The van der Waals surface area contributed by atoms with Gasteiger partial charge in [-0.15, -0.1) is 0 Å². The second-order valence-electron chi connectivity index (χ2n) is 3.98. The predicted octanol–water partition coefficient (Wildman–Crippen LogP) is 2.35. The van der Waals surface area contributed by atoms with E-state index in [0.29, 0.717) is 13.2 Å². The third kappa shape index (κ3) is 2.01. The zero-order valence-electron chi connectivity index (χ0n) is 10.4. The molecule has 0 fully saturated rings. The van der Waals surface area contributed by atoms with Gasteiger partial charge in [0.15, 0.2) is 11.3 Å². The molecule has 2 rings (SSSR count). The maximum atomic E-state index is 5.75. The van der Waals surface area contributed by atoms with Gasteiger partial charge in [-0.1, -0.05) is 0 Å². The lowest BCUT2D eigenvalue weighted by Gasteiger charge is -2.03. The first-order valence-corrected chi connectivity index (χ1v) is 5.49. The minimum absolute atomic E-state index is 0.357. The first kappa shape index (κ1) is 12.0. The minimum Gasteiger partial charge on any atom is -0.493 e. The van der Waals surface area contributed by atoms with Crippen LogP contribution < -0.4 is 10.5 Å². The van der Waals surface area contributed by atoms with Crippen LogP contribution in [0.5, 0.6) is 5.75 Å². The number of benzene rings is 1. The van der Waals surface area contributed by atoms with Crippen molar-refractivity contribution in [3.63, 3.8) is 0 Å². The molecule has 4 heteroatoms. The van der Waals surface area contributed by atoms with Gasteiger partial charge in [0.2, 0.25) is 0 Å². The van der Waals surface area contributed by atoms with Crippen molar-refractivity contribution < 1.29 is 13.9 Å². The maximum absolute atomic E-state index is 5.75. The molecular weight excluding hydrogens is 218 g/mol. The van der Waals surface area contributed by atoms with Gasteiger partial charge < -0.3 is 19.6 Å². The summed E-state index contributed by atoms with van der Waals surface area (Å²) in [5.74, 6) is 1.49. The Morgan fingerprint density at radius 3 is 2.65 bits per heavy atom. The molecule has 0 radical (unpaired) electrons. The normalized spacial score (nSPS) is 11.1. The van der Waals surface area contributed by atoms with E-state index in [2.05, 4.69) is 6.07 Å². The molecule has 0 bridgehead atoms. The number of rotatable bonds is 4. The van der Waals surface area contributed by atoms with Crippen molar-refractivity contribution in [1.82, 2.24) is 0 Å². The highest BCUT2D eigenvalue weighted by molar-refractivity contribution is 5.88. The number of hydrogen-bond donors (Lipinski definition) is 1. The molecule has 4 nitrogen and oxygen atoms in total. The topological polar surface area (TPSA) is 57.6 Å². The number of aryl methyl sites for hydroxylation is 1. The van der Waals surface area contributed by atoms with Gasteiger partial charge in [0.05, 0.1) is 20.3 Å². The summed E-state index contributed by atoms with van der Waals surface area (Å²) in [6, 6.07) is 4.01. The lowest BCUT2D eigenvalue weighted by atomic mass is 10.1. The van der Waals surface area contributed by atoms with E-state index >= 15 is 0 Å². The van der Waals surface area contributed by atoms with E-state index in [1.807, 2.05) is 13.0 Å². The fourth-order valence-electron chi connectivity index (χ4n) is 2.02. The summed E-state index contributed by atoms with van der Waals surface area (Å²) in [4.78, 5) is 0. The van der Waals surface area contributed by atoms with Crippen molar-refractivity contribution in [3.8, 4) is 5.75 Å². The Bertz CT molecular complexity index is 531. The van der Waals surface area contributed by atoms with Crippen molar-refractivity contribution >= 4 is 11.0 Å². The molecule has 2 N–H and O–H groups in total. The zero-order valence-corrected chi connectivity index (χ0v) is 10.4. The number of fused-ring (bicyclic) bond motifs is 1. The summed E-state index contributed by atoms with van der Waals surface area (Å²) in [5.41, 5.74) is 8.55. The number of hydrogen-bond acceptors (Lipinski definition) is 4. The summed E-state index contributed by atoms with van der Waals surface area (Å²) < 4.78 is 16.3. The number of methoxy groups -OCH3 is 2. The molecular formula is C13H17NO3. The summed E-state index contributed by atoms with van der Waals surface area (Å²) in [7, 11) is 3.29. The van der Waals surface area contributed by atoms with Crippen LogP contribution in [0.1, 0.15) is 16.9 Å². The van der Waals surface area contributed by atoms with Gasteiger partial charge in [-0.3, -0.25) is 0 Å². The van der Waals surface area contributed by atoms with Crippen LogP contribution in [0.15, 0.2) is 16.5 Å². The molecule has 0 aliphatic rings. The Kier molecular flexibility index (Phi) is 3.36. The molecule has 0 aliphatic carbocycles. The Balaban J connectivity index is 2.73. The molecule has 1 aromatic carbocycles. The Morgan fingerprint density at radius 1 is 1.29 bits per heavy atom. The second-order valence-corrected chi connectivity index (χ2v) is 3.98. The molecule has 2 aromatic rings. The largest absolute Gasteiger partial charge is 0.493 e. The van der Waals surface area contributed by atoms with E-state index < -0.39 is 0 Å². The fourth-order valence-corrected chi connectivity index (χ4v) is 2.02. The summed E-state index contributed by atoms with van der Waals surface area (Å²) >= 11 is 0. The second kappa shape index (κ2) is 4.77. The molecule has 0 saturated heterocycles. The molecule has 0 saturated carbocycles. The molecule has 0 atom stereocenters. The summed E-state index contributed by atoms with van der Waals surface area (Å²) in [6.45, 7) is 2.87. The molecule has 0 amide bonds. The van der Waals surface area contributed by atoms with E-state index in [1.165, 1.54) is 0 Å². The van der Waals surface area contributed by atoms with Gasteiger partial charge >= 0.3 is 0 Å². The van der Waals surface area contributed by atoms with E-state index in [0.717, 1.165) is 33.6 Å². The molecule has 0 spiro atoms. The van der Waals surface area contributed by atoms with Crippen LogP contribution in [-0.2, 0) is 17.9 Å². The highest BCUT2D eigenvalue weighted by atomic mass is 16.5. The van der Waals surface area contributed by atoms with Crippen LogP contribution in [0.3, 0.4) is 0 Å². The van der Waals surface area contributed by atoms with Gasteiger partial charge in [-0.05, 0) is 24.6 Å².